The Morgan fingerprint density at radius 1 is 0.944 bits per heavy atom. The number of hydrogen-bond acceptors (Lipinski definition) is 1. The molecule has 94 valence electrons. The molecule has 18 heavy (non-hydrogen) atoms. The topological polar surface area (TPSA) is 26.0 Å². The van der Waals surface area contributed by atoms with Gasteiger partial charge in [0.25, 0.3) is 0 Å². The summed E-state index contributed by atoms with van der Waals surface area (Å²) in [6, 6.07) is 21.2. The zero-order valence-electron chi connectivity index (χ0n) is 10.3. The summed E-state index contributed by atoms with van der Waals surface area (Å²) in [7, 11) is 0. The largest absolute Gasteiger partial charge is 0.324 e. The first-order valence-corrected chi connectivity index (χ1v) is 6.16. The monoisotopic (exact) mass is 259 g/mol. The molecule has 2 atom stereocenters. The highest BCUT2D eigenvalue weighted by Gasteiger charge is 2.51. The third kappa shape index (κ3) is 2.58. The van der Waals surface area contributed by atoms with Crippen molar-refractivity contribution in [3.63, 3.8) is 0 Å². The van der Waals surface area contributed by atoms with Crippen LogP contribution in [-0.4, -0.2) is 5.54 Å². The van der Waals surface area contributed by atoms with Gasteiger partial charge in [-0.3, -0.25) is 0 Å². The molecule has 3 rings (SSSR count). The molecule has 0 aromatic heterocycles. The first-order valence-electron chi connectivity index (χ1n) is 6.16. The Balaban J connectivity index is 0.00000120. The molecule has 2 aromatic rings. The van der Waals surface area contributed by atoms with Crippen molar-refractivity contribution in [1.82, 2.24) is 0 Å². The van der Waals surface area contributed by atoms with Crippen LogP contribution in [0.15, 0.2) is 60.7 Å². The fourth-order valence-corrected chi connectivity index (χ4v) is 2.63. The molecular weight excluding hydrogens is 242 g/mol. The number of benzene rings is 2. The van der Waals surface area contributed by atoms with Gasteiger partial charge in [0.2, 0.25) is 0 Å². The van der Waals surface area contributed by atoms with Gasteiger partial charge in [-0.1, -0.05) is 60.7 Å². The van der Waals surface area contributed by atoms with Crippen LogP contribution < -0.4 is 5.73 Å². The first-order chi connectivity index (χ1) is 8.28. The minimum atomic E-state index is -0.0251. The quantitative estimate of drug-likeness (QED) is 0.897. The van der Waals surface area contributed by atoms with E-state index >= 15 is 0 Å². The fraction of sp³-hybridized carbons (Fsp3) is 0.250. The molecule has 0 unspecified atom stereocenters. The van der Waals surface area contributed by atoms with Gasteiger partial charge < -0.3 is 5.73 Å². The third-order valence-electron chi connectivity index (χ3n) is 3.70. The number of hydrogen-bond donors (Lipinski definition) is 1. The molecule has 0 aliphatic heterocycles. The summed E-state index contributed by atoms with van der Waals surface area (Å²) >= 11 is 0. The second-order valence-corrected chi connectivity index (χ2v) is 5.06. The summed E-state index contributed by atoms with van der Waals surface area (Å²) in [5.41, 5.74) is 9.15. The summed E-state index contributed by atoms with van der Waals surface area (Å²) < 4.78 is 0. The summed E-state index contributed by atoms with van der Waals surface area (Å²) in [5.74, 6) is 0.531. The zero-order valence-corrected chi connectivity index (χ0v) is 11.1. The van der Waals surface area contributed by atoms with Crippen LogP contribution in [0, 0.1) is 0 Å². The Kier molecular flexibility index (Phi) is 3.74. The summed E-state index contributed by atoms with van der Waals surface area (Å²) in [6.45, 7) is 0. The Labute approximate surface area is 114 Å². The van der Waals surface area contributed by atoms with Gasteiger partial charge >= 0.3 is 0 Å². The van der Waals surface area contributed by atoms with Crippen LogP contribution in [0.25, 0.3) is 0 Å². The number of halogens is 1. The van der Waals surface area contributed by atoms with Gasteiger partial charge in [0, 0.05) is 11.5 Å². The molecule has 1 aliphatic carbocycles. The molecule has 1 aliphatic rings. The van der Waals surface area contributed by atoms with E-state index in [0.717, 1.165) is 12.8 Å². The van der Waals surface area contributed by atoms with Gasteiger partial charge in [-0.15, -0.1) is 12.4 Å². The maximum atomic E-state index is 6.45. The van der Waals surface area contributed by atoms with E-state index in [4.69, 9.17) is 5.73 Å². The normalized spacial score (nSPS) is 25.3. The van der Waals surface area contributed by atoms with Crippen molar-refractivity contribution in [1.29, 1.82) is 0 Å². The second kappa shape index (κ2) is 5.13. The number of nitrogens with two attached hydrogens (primary N) is 1. The van der Waals surface area contributed by atoms with Crippen LogP contribution in [0.4, 0.5) is 0 Å². The molecule has 2 heteroatoms. The van der Waals surface area contributed by atoms with Gasteiger partial charge in [-0.2, -0.15) is 0 Å². The van der Waals surface area contributed by atoms with Gasteiger partial charge in [0.05, 0.1) is 0 Å². The molecule has 0 saturated heterocycles. The van der Waals surface area contributed by atoms with Crippen LogP contribution >= 0.6 is 12.4 Å². The Morgan fingerprint density at radius 2 is 1.50 bits per heavy atom. The third-order valence-corrected chi connectivity index (χ3v) is 3.70. The van der Waals surface area contributed by atoms with E-state index in [1.807, 2.05) is 6.07 Å². The maximum absolute atomic E-state index is 6.45. The van der Waals surface area contributed by atoms with E-state index in [1.54, 1.807) is 0 Å². The zero-order chi connectivity index (χ0) is 11.7. The molecule has 0 heterocycles. The SMILES string of the molecule is Cl.N[C@]1(Cc2ccccc2)C[C@H]1c1ccccc1. The molecule has 0 amide bonds. The Bertz CT molecular complexity index is 497. The molecule has 0 bridgehead atoms. The lowest BCUT2D eigenvalue weighted by atomic mass is 10.00. The Hall–Kier alpha value is -1.31. The highest BCUT2D eigenvalue weighted by atomic mass is 35.5. The van der Waals surface area contributed by atoms with Crippen molar-refractivity contribution in [3.05, 3.63) is 71.8 Å². The first kappa shape index (κ1) is 13.1. The minimum Gasteiger partial charge on any atom is -0.324 e. The van der Waals surface area contributed by atoms with E-state index in [2.05, 4.69) is 54.6 Å². The lowest BCUT2D eigenvalue weighted by molar-refractivity contribution is 0.646. The average molecular weight is 260 g/mol. The predicted octanol–water partition coefficient (Wildman–Crippen LogP) is 3.54. The fourth-order valence-electron chi connectivity index (χ4n) is 2.63. The van der Waals surface area contributed by atoms with Crippen LogP contribution in [0.1, 0.15) is 23.5 Å². The lowest BCUT2D eigenvalue weighted by Crippen LogP contribution is -2.27. The van der Waals surface area contributed by atoms with E-state index in [9.17, 15) is 0 Å². The molecule has 2 N–H and O–H groups in total. The maximum Gasteiger partial charge on any atom is 0.0271 e. The molecule has 1 nitrogen and oxygen atoms in total. The van der Waals surface area contributed by atoms with Gasteiger partial charge in [-0.25, -0.2) is 0 Å². The second-order valence-electron chi connectivity index (χ2n) is 5.06. The van der Waals surface area contributed by atoms with Gasteiger partial charge in [0.15, 0.2) is 0 Å². The molecule has 1 fully saturated rings. The van der Waals surface area contributed by atoms with E-state index in [-0.39, 0.29) is 17.9 Å². The molecular formula is C16H18ClN. The van der Waals surface area contributed by atoms with Crippen LogP contribution in [-0.2, 0) is 6.42 Å². The van der Waals surface area contributed by atoms with Crippen molar-refractivity contribution in [2.45, 2.75) is 24.3 Å². The van der Waals surface area contributed by atoms with Crippen molar-refractivity contribution in [3.8, 4) is 0 Å². The molecule has 0 radical (unpaired) electrons. The van der Waals surface area contributed by atoms with E-state index in [1.165, 1.54) is 11.1 Å². The highest BCUT2D eigenvalue weighted by molar-refractivity contribution is 5.85. The van der Waals surface area contributed by atoms with Crippen molar-refractivity contribution < 1.29 is 0 Å². The van der Waals surface area contributed by atoms with Crippen molar-refractivity contribution in [2.75, 3.05) is 0 Å². The minimum absolute atomic E-state index is 0. The molecule has 2 aromatic carbocycles. The van der Waals surface area contributed by atoms with Crippen LogP contribution in [0.3, 0.4) is 0 Å². The van der Waals surface area contributed by atoms with Crippen molar-refractivity contribution >= 4 is 12.4 Å². The smallest absolute Gasteiger partial charge is 0.0271 e. The summed E-state index contributed by atoms with van der Waals surface area (Å²) in [6.07, 6.45) is 2.08. The predicted molar refractivity (Wildman–Crippen MR) is 78.1 cm³/mol. The van der Waals surface area contributed by atoms with Crippen LogP contribution in [0.5, 0.6) is 0 Å². The summed E-state index contributed by atoms with van der Waals surface area (Å²) in [5, 5.41) is 0. The highest BCUT2D eigenvalue weighted by Crippen LogP contribution is 2.51. The van der Waals surface area contributed by atoms with E-state index < -0.39 is 0 Å². The average Bonchev–Trinajstić information content (AvgIpc) is 3.03. The van der Waals surface area contributed by atoms with Crippen molar-refractivity contribution in [2.24, 2.45) is 5.73 Å². The molecule has 0 spiro atoms. The van der Waals surface area contributed by atoms with Gasteiger partial charge in [-0.05, 0) is 24.0 Å². The van der Waals surface area contributed by atoms with Crippen LogP contribution in [0.2, 0.25) is 0 Å². The Morgan fingerprint density at radius 3 is 2.11 bits per heavy atom. The van der Waals surface area contributed by atoms with E-state index in [0.29, 0.717) is 5.92 Å². The standard InChI is InChI=1S/C16H17N.ClH/c17-16(11-13-7-3-1-4-8-13)12-15(16)14-9-5-2-6-10-14;/h1-10,15H,11-12,17H2;1H/t15-,16+;/m0./s1. The molecule has 1 saturated carbocycles. The van der Waals surface area contributed by atoms with Gasteiger partial charge in [0.1, 0.15) is 0 Å². The summed E-state index contributed by atoms with van der Waals surface area (Å²) in [4.78, 5) is 0. The number of rotatable bonds is 3. The lowest BCUT2D eigenvalue weighted by Gasteiger charge is -2.11.